The number of likely N-dealkylation sites (N-methyl/N-ethyl adjacent to an activating group) is 1. The van der Waals surface area contributed by atoms with Gasteiger partial charge in [0.05, 0.1) is 11.3 Å². The molecule has 0 spiro atoms. The number of Topliss-reactive ketones (excluding diaryl/α,β-unsaturated/α-hetero) is 1. The smallest absolute Gasteiger partial charge is 0.277 e. The van der Waals surface area contributed by atoms with Crippen LogP contribution >= 0.6 is 23.4 Å². The molecule has 0 unspecified atom stereocenters. The Morgan fingerprint density at radius 2 is 2.06 bits per heavy atom. The van der Waals surface area contributed by atoms with Crippen LogP contribution in [0.25, 0.3) is 11.5 Å². The molecule has 0 N–H and O–H groups in total. The van der Waals surface area contributed by atoms with Gasteiger partial charge in [0, 0.05) is 36.4 Å². The van der Waals surface area contributed by atoms with E-state index in [0.717, 1.165) is 24.6 Å². The lowest BCUT2D eigenvalue weighted by Crippen LogP contribution is -2.54. The molecule has 0 radical (unpaired) electrons. The molecule has 0 saturated heterocycles. The first-order chi connectivity index (χ1) is 15.0. The zero-order chi connectivity index (χ0) is 21.8. The largest absolute Gasteiger partial charge is 0.411 e. The third-order valence-electron chi connectivity index (χ3n) is 5.55. The van der Waals surface area contributed by atoms with E-state index in [2.05, 4.69) is 15.2 Å². The molecule has 9 heteroatoms. The van der Waals surface area contributed by atoms with E-state index >= 15 is 0 Å². The average Bonchev–Trinajstić information content (AvgIpc) is 3.28. The summed E-state index contributed by atoms with van der Waals surface area (Å²) in [4.78, 5) is 31.9. The van der Waals surface area contributed by atoms with Crippen molar-refractivity contribution in [2.24, 2.45) is 0 Å². The summed E-state index contributed by atoms with van der Waals surface area (Å²) in [5.41, 5.74) is 0.332. The number of pyridine rings is 1. The van der Waals surface area contributed by atoms with Crippen molar-refractivity contribution < 1.29 is 14.0 Å². The van der Waals surface area contributed by atoms with Crippen LogP contribution in [0, 0.1) is 0 Å². The molecule has 1 amide bonds. The van der Waals surface area contributed by atoms with Crippen LogP contribution in [0.15, 0.2) is 58.4 Å². The Balaban J connectivity index is 1.52. The third kappa shape index (κ3) is 4.22. The first kappa shape index (κ1) is 21.5. The number of hydrogen-bond acceptors (Lipinski definition) is 7. The molecule has 31 heavy (non-hydrogen) atoms. The number of hydrogen-bond donors (Lipinski definition) is 0. The molecule has 4 rings (SSSR count). The Kier molecular flexibility index (Phi) is 6.38. The third-order valence-corrected chi connectivity index (χ3v) is 6.69. The van der Waals surface area contributed by atoms with Gasteiger partial charge in [-0.2, -0.15) is 0 Å². The summed E-state index contributed by atoms with van der Waals surface area (Å²) in [6.45, 7) is 0. The van der Waals surface area contributed by atoms with Gasteiger partial charge < -0.3 is 9.32 Å². The highest BCUT2D eigenvalue weighted by molar-refractivity contribution is 7.99. The zero-order valence-corrected chi connectivity index (χ0v) is 18.5. The number of nitrogens with zero attached hydrogens (tertiary/aromatic N) is 4. The monoisotopic (exact) mass is 456 g/mol. The summed E-state index contributed by atoms with van der Waals surface area (Å²) in [7, 11) is 1.67. The fourth-order valence-corrected chi connectivity index (χ4v) is 4.91. The quantitative estimate of drug-likeness (QED) is 0.508. The SMILES string of the molecule is CN(C(=O)CSc1nnc(-c2cccnc2)o1)[C@]1(c2ccccc2Cl)CCCCC1=O. The van der Waals surface area contributed by atoms with E-state index in [1.165, 1.54) is 0 Å². The molecule has 3 aromatic rings. The second-order valence-electron chi connectivity index (χ2n) is 7.33. The Hall–Kier alpha value is -2.71. The van der Waals surface area contributed by atoms with E-state index in [9.17, 15) is 9.59 Å². The minimum Gasteiger partial charge on any atom is -0.411 e. The van der Waals surface area contributed by atoms with E-state index in [0.29, 0.717) is 34.9 Å². The van der Waals surface area contributed by atoms with Gasteiger partial charge in [0.25, 0.3) is 5.22 Å². The van der Waals surface area contributed by atoms with Gasteiger partial charge in [0.2, 0.25) is 11.8 Å². The number of amides is 1. The van der Waals surface area contributed by atoms with Gasteiger partial charge in [0.1, 0.15) is 5.54 Å². The number of benzene rings is 1. The van der Waals surface area contributed by atoms with Crippen molar-refractivity contribution in [1.29, 1.82) is 0 Å². The van der Waals surface area contributed by atoms with Crippen molar-refractivity contribution in [1.82, 2.24) is 20.1 Å². The fourth-order valence-electron chi connectivity index (χ4n) is 3.94. The van der Waals surface area contributed by atoms with Crippen molar-refractivity contribution >= 4 is 35.1 Å². The molecule has 1 aliphatic rings. The molecular formula is C22H21ClN4O3S. The Labute approximate surface area is 189 Å². The van der Waals surface area contributed by atoms with Gasteiger partial charge in [-0.05, 0) is 37.5 Å². The second-order valence-corrected chi connectivity index (χ2v) is 8.66. The topological polar surface area (TPSA) is 89.2 Å². The predicted octanol–water partition coefficient (Wildman–Crippen LogP) is 4.37. The Morgan fingerprint density at radius 1 is 1.23 bits per heavy atom. The molecule has 0 aliphatic heterocycles. The van der Waals surface area contributed by atoms with Crippen LogP contribution in [0.5, 0.6) is 0 Å². The molecule has 1 atom stereocenters. The molecule has 0 bridgehead atoms. The predicted molar refractivity (Wildman–Crippen MR) is 118 cm³/mol. The van der Waals surface area contributed by atoms with Crippen LogP contribution in [0.3, 0.4) is 0 Å². The van der Waals surface area contributed by atoms with Gasteiger partial charge in [-0.15, -0.1) is 10.2 Å². The number of ketones is 1. The maximum atomic E-state index is 13.1. The van der Waals surface area contributed by atoms with Crippen LogP contribution in [0.2, 0.25) is 5.02 Å². The molecule has 2 aromatic heterocycles. The Bertz CT molecular complexity index is 1090. The molecular weight excluding hydrogens is 436 g/mol. The number of carbonyl (C=O) groups excluding carboxylic acids is 2. The van der Waals surface area contributed by atoms with Crippen LogP contribution in [-0.2, 0) is 15.1 Å². The number of aromatic nitrogens is 3. The van der Waals surface area contributed by atoms with Crippen molar-refractivity contribution in [2.45, 2.75) is 36.4 Å². The summed E-state index contributed by atoms with van der Waals surface area (Å²) < 4.78 is 5.64. The van der Waals surface area contributed by atoms with Gasteiger partial charge in [0.15, 0.2) is 5.78 Å². The number of thioether (sulfide) groups is 1. The van der Waals surface area contributed by atoms with Gasteiger partial charge in [-0.25, -0.2) is 0 Å². The minimum atomic E-state index is -1.05. The maximum absolute atomic E-state index is 13.1. The van der Waals surface area contributed by atoms with Crippen molar-refractivity contribution in [2.75, 3.05) is 12.8 Å². The van der Waals surface area contributed by atoms with Gasteiger partial charge in [-0.3, -0.25) is 14.6 Å². The van der Waals surface area contributed by atoms with E-state index in [1.54, 1.807) is 36.5 Å². The second kappa shape index (κ2) is 9.20. The summed E-state index contributed by atoms with van der Waals surface area (Å²) in [6, 6.07) is 10.8. The highest BCUT2D eigenvalue weighted by atomic mass is 35.5. The first-order valence-corrected chi connectivity index (χ1v) is 11.3. The summed E-state index contributed by atoms with van der Waals surface area (Å²) in [5.74, 6) is 0.210. The van der Waals surface area contributed by atoms with Crippen molar-refractivity contribution in [3.63, 3.8) is 0 Å². The van der Waals surface area contributed by atoms with E-state index in [4.69, 9.17) is 16.0 Å². The Morgan fingerprint density at radius 3 is 2.81 bits per heavy atom. The summed E-state index contributed by atoms with van der Waals surface area (Å²) in [5, 5.41) is 8.78. The molecule has 1 aromatic carbocycles. The highest BCUT2D eigenvalue weighted by Crippen LogP contribution is 2.42. The minimum absolute atomic E-state index is 0.0179. The van der Waals surface area contributed by atoms with Crippen LogP contribution in [-0.4, -0.2) is 44.6 Å². The molecule has 2 heterocycles. The highest BCUT2D eigenvalue weighted by Gasteiger charge is 2.47. The summed E-state index contributed by atoms with van der Waals surface area (Å²) in [6.07, 6.45) is 5.93. The first-order valence-electron chi connectivity index (χ1n) is 9.94. The normalized spacial score (nSPS) is 18.7. The van der Waals surface area contributed by atoms with Crippen LogP contribution in [0.1, 0.15) is 31.2 Å². The van der Waals surface area contributed by atoms with Gasteiger partial charge >= 0.3 is 0 Å². The molecule has 1 fully saturated rings. The number of rotatable bonds is 6. The van der Waals surface area contributed by atoms with Gasteiger partial charge in [-0.1, -0.05) is 41.6 Å². The van der Waals surface area contributed by atoms with E-state index < -0.39 is 5.54 Å². The number of halogens is 1. The van der Waals surface area contributed by atoms with E-state index in [1.807, 2.05) is 24.3 Å². The lowest BCUT2D eigenvalue weighted by molar-refractivity contribution is -0.146. The number of carbonyl (C=O) groups is 2. The zero-order valence-electron chi connectivity index (χ0n) is 17.0. The van der Waals surface area contributed by atoms with Crippen molar-refractivity contribution in [3.8, 4) is 11.5 Å². The maximum Gasteiger partial charge on any atom is 0.277 e. The van der Waals surface area contributed by atoms with Crippen LogP contribution in [0.4, 0.5) is 0 Å². The average molecular weight is 457 g/mol. The standard InChI is InChI=1S/C22H21ClN4O3S/c1-27(22(11-5-4-10-18(22)28)16-8-2-3-9-17(16)23)19(29)14-31-21-26-25-20(30-21)15-7-6-12-24-13-15/h2-3,6-9,12-13H,4-5,10-11,14H2,1H3/t22-/m0/s1. The lowest BCUT2D eigenvalue weighted by atomic mass is 9.74. The molecule has 1 saturated carbocycles. The summed E-state index contributed by atoms with van der Waals surface area (Å²) >= 11 is 7.60. The van der Waals surface area contributed by atoms with Crippen LogP contribution < -0.4 is 0 Å². The molecule has 7 nitrogen and oxygen atoms in total. The van der Waals surface area contributed by atoms with E-state index in [-0.39, 0.29) is 22.7 Å². The molecule has 1 aliphatic carbocycles. The molecule has 160 valence electrons. The van der Waals surface area contributed by atoms with Crippen molar-refractivity contribution in [3.05, 3.63) is 59.4 Å². The lowest BCUT2D eigenvalue weighted by Gasteiger charge is -2.44. The fraction of sp³-hybridized carbons (Fsp3) is 0.318.